The summed E-state index contributed by atoms with van der Waals surface area (Å²) >= 11 is 11.0. The molecule has 0 aliphatic carbocycles. The number of ether oxygens (including phenoxy) is 6. The summed E-state index contributed by atoms with van der Waals surface area (Å²) in [5.41, 5.74) is 5.38. The molecule has 0 radical (unpaired) electrons. The number of fused-ring (bicyclic) bond motifs is 12. The highest BCUT2D eigenvalue weighted by Crippen LogP contribution is 2.52. The number of hydrogen-bond acceptors (Lipinski definition) is 12. The largest absolute Gasteiger partial charge is 0.366 e. The van der Waals surface area contributed by atoms with Crippen LogP contribution in [0.1, 0.15) is 228 Å². The smallest absolute Gasteiger partial charge is 0.138 e. The van der Waals surface area contributed by atoms with E-state index in [1.165, 1.54) is 107 Å². The molecule has 3 heterocycles. The van der Waals surface area contributed by atoms with Crippen LogP contribution in [-0.4, -0.2) is 76.3 Å². The second kappa shape index (κ2) is 43.7. The molecule has 0 N–H and O–H groups in total. The molecule has 750 valence electrons. The monoisotopic (exact) mass is 2050 g/mol. The SMILES string of the molecule is CCc1ccc(Sc2cc3cc4c(C#CC(C)(C)OC)c5cc6ccccc6cc5c(C#CC(C)(C)OC)c4cc3s2)cc1.CCc1ccc(Sc2cc3cc4c(C#CC(CC)(CC)OC)c5cc6ccccc6cc5c(C#CC(CC)(CC)OC)c4cc3s2)cc1.COC(C#Cc1c2cc3ccccc3cc2c(C#CC(OC)(C(C)(C)C)C(C)(C)C)c2cc3sc(Sc4ccc(C)cc4)cc3cc12)(C(C)(C)C)C(C)(C)C. The molecule has 0 amide bonds. The summed E-state index contributed by atoms with van der Waals surface area (Å²) in [6, 6.07) is 87.0. The topological polar surface area (TPSA) is 55.4 Å². The zero-order valence-corrected chi connectivity index (χ0v) is 96.1. The van der Waals surface area contributed by atoms with Gasteiger partial charge in [0.1, 0.15) is 33.6 Å². The highest BCUT2D eigenvalue weighted by molar-refractivity contribution is 8.02. The van der Waals surface area contributed by atoms with Crippen LogP contribution in [0, 0.1) is 99.6 Å². The molecule has 0 saturated heterocycles. The third kappa shape index (κ3) is 22.4. The molecule has 6 nitrogen and oxygen atoms in total. The Bertz CT molecular complexity index is 8040. The van der Waals surface area contributed by atoms with Crippen LogP contribution in [0.15, 0.2) is 264 Å². The maximum Gasteiger partial charge on any atom is 0.138 e. The van der Waals surface area contributed by atoms with Gasteiger partial charge in [0.05, 0.1) is 12.6 Å². The Labute approximate surface area is 898 Å². The molecule has 3 aromatic heterocycles. The average molecular weight is 2050 g/mol. The number of hydrogen-bond donors (Lipinski definition) is 0. The lowest BCUT2D eigenvalue weighted by Gasteiger charge is -2.48. The average Bonchev–Trinajstić information content (AvgIpc) is 1.67. The molecular formula is C135H138O6S6. The minimum atomic E-state index is -0.726. The molecule has 15 aromatic carbocycles. The van der Waals surface area contributed by atoms with Crippen molar-refractivity contribution in [3.05, 3.63) is 287 Å². The molecule has 0 unspecified atom stereocenters. The minimum absolute atomic E-state index is 0.261. The lowest BCUT2D eigenvalue weighted by atomic mass is 9.62. The number of methoxy groups -OCH3 is 6. The molecular weight excluding hydrogens is 1910 g/mol. The summed E-state index contributed by atoms with van der Waals surface area (Å²) in [7, 11) is 10.6. The third-order valence-corrected chi connectivity index (χ3v) is 36.2. The van der Waals surface area contributed by atoms with Gasteiger partial charge in [0.2, 0.25) is 0 Å². The van der Waals surface area contributed by atoms with Gasteiger partial charge in [-0.2, -0.15) is 0 Å². The van der Waals surface area contributed by atoms with Crippen LogP contribution in [-0.2, 0) is 41.3 Å². The van der Waals surface area contributed by atoms with Gasteiger partial charge in [-0.05, 0) is 309 Å². The lowest BCUT2D eigenvalue weighted by Crippen LogP contribution is -2.53. The van der Waals surface area contributed by atoms with E-state index in [9.17, 15) is 0 Å². The fourth-order valence-corrected chi connectivity index (χ4v) is 27.5. The standard InChI is InChI=1S/C51H58O2S2.C44H44O2S2.C40H36O2S2/c1-33-20-22-37(23-21-33)54-45-31-36-30-42-38(24-26-50(52-14,46(2,3)4)47(5,6)7)40-28-34-18-16-17-19-35(34)29-41(40)39(43(42)32-44(36)55-45)25-27-51(53-15,48(8,9)10)49(11,12)13;1-8-30-17-19-34(20-18-30)47-42-28-33-27-39-35(21-23-43(9-2,10-3)45-6)37-25-31-15-13-14-16-32(31)26-38(37)36(40(39)29-41(33)48-42)22-24-44(11-4,12-5)46-7;1-8-26-13-15-30(16-14-26)43-38-24-29-23-35-31(17-19-39(2,3)41-6)33-21-27-11-9-10-12-28(27)22-34(33)32(18-20-40(4,5)42-7)36(35)25-37(29)44-38/h16-23,28-32H,1-15H3;13-20,25-29H,8-12H2,1-7H3;9-16,21-25H,8H2,1-7H3. The fourth-order valence-electron chi connectivity index (χ4n) is 20.8. The predicted molar refractivity (Wildman–Crippen MR) is 640 cm³/mol. The van der Waals surface area contributed by atoms with Crippen LogP contribution in [0.4, 0.5) is 0 Å². The van der Waals surface area contributed by atoms with Gasteiger partial charge in [0.25, 0.3) is 0 Å². The van der Waals surface area contributed by atoms with E-state index >= 15 is 0 Å². The summed E-state index contributed by atoms with van der Waals surface area (Å²) in [5, 5.41) is 24.0. The van der Waals surface area contributed by atoms with Crippen molar-refractivity contribution in [2.75, 3.05) is 42.7 Å². The first-order chi connectivity index (χ1) is 70.0. The summed E-state index contributed by atoms with van der Waals surface area (Å²) in [5.74, 6) is 43.8. The van der Waals surface area contributed by atoms with Crippen molar-refractivity contribution >= 4 is 197 Å². The number of thiophene rings is 3. The van der Waals surface area contributed by atoms with Crippen molar-refractivity contribution in [2.24, 2.45) is 21.7 Å². The van der Waals surface area contributed by atoms with Crippen LogP contribution < -0.4 is 0 Å². The Kier molecular flexibility index (Phi) is 32.2. The molecule has 12 heteroatoms. The van der Waals surface area contributed by atoms with Gasteiger partial charge in [-0.25, -0.2) is 0 Å². The summed E-state index contributed by atoms with van der Waals surface area (Å²) in [6.45, 7) is 49.9. The molecule has 0 atom stereocenters. The van der Waals surface area contributed by atoms with Gasteiger partial charge in [-0.3, -0.25) is 0 Å². The van der Waals surface area contributed by atoms with Crippen LogP contribution in [0.5, 0.6) is 0 Å². The van der Waals surface area contributed by atoms with Crippen molar-refractivity contribution in [2.45, 2.75) is 259 Å². The Balaban J connectivity index is 0.000000158. The summed E-state index contributed by atoms with van der Waals surface area (Å²) in [6.07, 6.45) is 5.36. The normalized spacial score (nSPS) is 12.5. The molecule has 0 aliphatic rings. The van der Waals surface area contributed by atoms with E-state index in [1.54, 1.807) is 28.4 Å². The first-order valence-corrected chi connectivity index (χ1v) is 56.2. The number of aryl methyl sites for hydroxylation is 3. The quantitative estimate of drug-likeness (QED) is 0.0618. The van der Waals surface area contributed by atoms with Crippen molar-refractivity contribution in [3.8, 4) is 71.0 Å². The Morgan fingerprint density at radius 3 is 0.667 bits per heavy atom. The molecule has 0 bridgehead atoms. The third-order valence-electron chi connectivity index (χ3n) is 29.6. The Morgan fingerprint density at radius 2 is 0.456 bits per heavy atom. The number of benzene rings is 15. The van der Waals surface area contributed by atoms with Crippen LogP contribution in [0.3, 0.4) is 0 Å². The van der Waals surface area contributed by atoms with E-state index in [4.69, 9.17) is 28.4 Å². The minimum Gasteiger partial charge on any atom is -0.366 e. The second-order valence-electron chi connectivity index (χ2n) is 43.6. The highest BCUT2D eigenvalue weighted by atomic mass is 32.2. The fraction of sp³-hybridized carbons (Fsp3) is 0.333. The number of rotatable bonds is 18. The van der Waals surface area contributed by atoms with Crippen molar-refractivity contribution in [1.82, 2.24) is 0 Å². The molecule has 147 heavy (non-hydrogen) atoms. The predicted octanol–water partition coefficient (Wildman–Crippen LogP) is 37.3. The van der Waals surface area contributed by atoms with E-state index in [-0.39, 0.29) is 21.7 Å². The molecule has 0 fully saturated rings. The van der Waals surface area contributed by atoms with E-state index in [0.717, 1.165) is 137 Å². The molecule has 0 saturated carbocycles. The molecule has 0 aliphatic heterocycles. The van der Waals surface area contributed by atoms with Gasteiger partial charge in [0.15, 0.2) is 0 Å². The molecule has 18 rings (SSSR count). The van der Waals surface area contributed by atoms with E-state index in [2.05, 4.69) is 439 Å². The van der Waals surface area contributed by atoms with E-state index in [1.807, 2.05) is 111 Å². The summed E-state index contributed by atoms with van der Waals surface area (Å²) < 4.78 is 43.9. The van der Waals surface area contributed by atoms with Gasteiger partial charge >= 0.3 is 0 Å². The maximum atomic E-state index is 6.49. The zero-order valence-electron chi connectivity index (χ0n) is 91.2. The summed E-state index contributed by atoms with van der Waals surface area (Å²) in [4.78, 5) is 3.74. The van der Waals surface area contributed by atoms with Gasteiger partial charge in [-0.15, -0.1) is 34.0 Å². The van der Waals surface area contributed by atoms with E-state index < -0.39 is 33.6 Å². The lowest BCUT2D eigenvalue weighted by molar-refractivity contribution is -0.116. The van der Waals surface area contributed by atoms with Crippen LogP contribution in [0.2, 0.25) is 0 Å². The highest BCUT2D eigenvalue weighted by Gasteiger charge is 2.52. The van der Waals surface area contributed by atoms with Crippen molar-refractivity contribution < 1.29 is 28.4 Å². The second-order valence-corrected chi connectivity index (χ2v) is 51.0. The Hall–Kier alpha value is -11.3. The van der Waals surface area contributed by atoms with Crippen LogP contribution >= 0.6 is 69.3 Å². The van der Waals surface area contributed by atoms with E-state index in [0.29, 0.717) is 0 Å². The molecule has 0 spiro atoms. The first-order valence-electron chi connectivity index (χ1n) is 51.3. The first kappa shape index (κ1) is 108. The molecule has 18 aromatic rings. The Morgan fingerprint density at radius 1 is 0.238 bits per heavy atom. The van der Waals surface area contributed by atoms with Crippen LogP contribution in [0.25, 0.3) is 127 Å². The van der Waals surface area contributed by atoms with Gasteiger partial charge < -0.3 is 28.4 Å². The van der Waals surface area contributed by atoms with Gasteiger partial charge in [0, 0.05) is 143 Å². The van der Waals surface area contributed by atoms with Crippen molar-refractivity contribution in [3.63, 3.8) is 0 Å². The maximum absolute atomic E-state index is 6.49. The van der Waals surface area contributed by atoms with Crippen molar-refractivity contribution in [1.29, 1.82) is 0 Å². The van der Waals surface area contributed by atoms with Gasteiger partial charge in [-0.1, -0.05) is 346 Å². The zero-order chi connectivity index (χ0) is 105.